The van der Waals surface area contributed by atoms with Crippen LogP contribution in [0.3, 0.4) is 0 Å². The highest BCUT2D eigenvalue weighted by Gasteiger charge is 2.32. The summed E-state index contributed by atoms with van der Waals surface area (Å²) in [5, 5.41) is 9.24. The number of rotatable bonds is 3. The van der Waals surface area contributed by atoms with Crippen molar-refractivity contribution in [3.8, 4) is 17.6 Å². The molecular formula is C17H14N2O4S. The quantitative estimate of drug-likeness (QED) is 0.853. The van der Waals surface area contributed by atoms with E-state index >= 15 is 0 Å². The number of benzene rings is 2. The molecule has 0 aromatic heterocycles. The van der Waals surface area contributed by atoms with Crippen LogP contribution >= 0.6 is 0 Å². The van der Waals surface area contributed by atoms with Crippen LogP contribution in [-0.2, 0) is 9.84 Å². The lowest BCUT2D eigenvalue weighted by molar-refractivity contribution is 0.394. The Morgan fingerprint density at radius 3 is 2.25 bits per heavy atom. The van der Waals surface area contributed by atoms with Gasteiger partial charge in [0, 0.05) is 24.4 Å². The van der Waals surface area contributed by atoms with Crippen LogP contribution < -0.4 is 14.4 Å². The summed E-state index contributed by atoms with van der Waals surface area (Å²) in [5.41, 5.74) is 1.09. The number of para-hydroxylation sites is 1. The van der Waals surface area contributed by atoms with Gasteiger partial charge in [-0.1, -0.05) is 12.1 Å². The van der Waals surface area contributed by atoms with E-state index in [2.05, 4.69) is 0 Å². The van der Waals surface area contributed by atoms with Crippen LogP contribution in [0.5, 0.6) is 11.5 Å². The molecule has 0 amide bonds. The van der Waals surface area contributed by atoms with Gasteiger partial charge >= 0.3 is 0 Å². The van der Waals surface area contributed by atoms with Gasteiger partial charge in [0.25, 0.3) is 0 Å². The van der Waals surface area contributed by atoms with Crippen LogP contribution in [0.1, 0.15) is 0 Å². The number of hydrogen-bond donors (Lipinski definition) is 0. The largest absolute Gasteiger partial charge is 0.497 e. The van der Waals surface area contributed by atoms with Gasteiger partial charge in [-0.2, -0.15) is 5.26 Å². The lowest BCUT2D eigenvalue weighted by atomic mass is 10.2. The molecule has 0 aliphatic carbocycles. The second-order valence-corrected chi connectivity index (χ2v) is 6.90. The Hall–Kier alpha value is -2.98. The van der Waals surface area contributed by atoms with Gasteiger partial charge in [0.05, 0.1) is 30.5 Å². The van der Waals surface area contributed by atoms with Gasteiger partial charge in [0.15, 0.2) is 4.91 Å². The fourth-order valence-corrected chi connectivity index (χ4v) is 3.79. The summed E-state index contributed by atoms with van der Waals surface area (Å²) in [6, 6.07) is 13.5. The Kier molecular flexibility index (Phi) is 3.91. The maximum atomic E-state index is 12.5. The van der Waals surface area contributed by atoms with Gasteiger partial charge in [-0.25, -0.2) is 8.42 Å². The highest BCUT2D eigenvalue weighted by atomic mass is 32.2. The van der Waals surface area contributed by atoms with E-state index in [0.29, 0.717) is 22.9 Å². The molecule has 0 atom stereocenters. The minimum Gasteiger partial charge on any atom is -0.497 e. The first-order valence-electron chi connectivity index (χ1n) is 6.99. The molecule has 0 bridgehead atoms. The summed E-state index contributed by atoms with van der Waals surface area (Å²) in [7, 11) is -0.746. The molecule has 0 N–H and O–H groups in total. The monoisotopic (exact) mass is 342 g/mol. The number of hydrogen-bond acceptors (Lipinski definition) is 6. The Morgan fingerprint density at radius 2 is 1.67 bits per heavy atom. The Balaban J connectivity index is 2.27. The average molecular weight is 342 g/mol. The van der Waals surface area contributed by atoms with E-state index in [0.717, 1.165) is 0 Å². The van der Waals surface area contributed by atoms with Gasteiger partial charge in [-0.3, -0.25) is 0 Å². The predicted octanol–water partition coefficient (Wildman–Crippen LogP) is 2.99. The fraction of sp³-hybridized carbons (Fsp3) is 0.118. The van der Waals surface area contributed by atoms with Crippen LogP contribution in [0.25, 0.3) is 0 Å². The summed E-state index contributed by atoms with van der Waals surface area (Å²) in [4.78, 5) is 1.41. The van der Waals surface area contributed by atoms with Crippen molar-refractivity contribution < 1.29 is 17.9 Å². The second kappa shape index (κ2) is 5.91. The van der Waals surface area contributed by atoms with Crippen molar-refractivity contribution in [2.24, 2.45) is 0 Å². The van der Waals surface area contributed by atoms with Crippen molar-refractivity contribution in [3.05, 3.63) is 53.6 Å². The van der Waals surface area contributed by atoms with Gasteiger partial charge in [0.1, 0.15) is 17.6 Å². The molecule has 24 heavy (non-hydrogen) atoms. The van der Waals surface area contributed by atoms with Gasteiger partial charge in [-0.05, 0) is 12.1 Å². The Morgan fingerprint density at radius 1 is 1.04 bits per heavy atom. The maximum absolute atomic E-state index is 12.5. The lowest BCUT2D eigenvalue weighted by Gasteiger charge is -2.28. The van der Waals surface area contributed by atoms with Gasteiger partial charge in [-0.15, -0.1) is 0 Å². The van der Waals surface area contributed by atoms with Crippen LogP contribution in [-0.4, -0.2) is 22.6 Å². The molecule has 3 rings (SSSR count). The van der Waals surface area contributed by atoms with Crippen molar-refractivity contribution in [1.82, 2.24) is 0 Å². The molecule has 2 aromatic carbocycles. The van der Waals surface area contributed by atoms with E-state index in [1.54, 1.807) is 47.4 Å². The molecule has 6 nitrogen and oxygen atoms in total. The molecule has 0 radical (unpaired) electrons. The van der Waals surface area contributed by atoms with Crippen LogP contribution in [0.2, 0.25) is 0 Å². The van der Waals surface area contributed by atoms with Crippen molar-refractivity contribution >= 4 is 21.2 Å². The van der Waals surface area contributed by atoms with Gasteiger partial charge < -0.3 is 14.4 Å². The SMILES string of the molecule is COc1cc(OC)cc(N2C=C(C#N)S(=O)(=O)c3ccccc32)c1. The minimum atomic E-state index is -3.81. The Labute approximate surface area is 140 Å². The summed E-state index contributed by atoms with van der Waals surface area (Å²) in [6.45, 7) is 0. The average Bonchev–Trinajstić information content (AvgIpc) is 2.61. The van der Waals surface area contributed by atoms with E-state index in [4.69, 9.17) is 9.47 Å². The summed E-state index contributed by atoms with van der Waals surface area (Å²) in [5.74, 6) is 1.12. The standard InChI is InChI=1S/C17H14N2O4S/c1-22-13-7-12(8-14(9-13)23-2)19-11-15(10-18)24(20,21)17-6-4-3-5-16(17)19/h3-9,11H,1-2H3. The molecule has 0 spiro atoms. The number of fused-ring (bicyclic) bond motifs is 1. The van der Waals surface area contributed by atoms with Crippen molar-refractivity contribution in [2.75, 3.05) is 19.1 Å². The molecule has 0 saturated heterocycles. The smallest absolute Gasteiger partial charge is 0.220 e. The molecule has 1 aliphatic heterocycles. The number of sulfone groups is 1. The normalized spacial score (nSPS) is 15.0. The number of ether oxygens (including phenoxy) is 2. The number of allylic oxidation sites excluding steroid dienone is 1. The van der Waals surface area contributed by atoms with Crippen LogP contribution in [0.4, 0.5) is 11.4 Å². The molecule has 1 heterocycles. The molecule has 7 heteroatoms. The summed E-state index contributed by atoms with van der Waals surface area (Å²) < 4.78 is 35.5. The van der Waals surface area contributed by atoms with E-state index in [9.17, 15) is 13.7 Å². The zero-order chi connectivity index (χ0) is 17.3. The number of anilines is 2. The molecule has 0 unspecified atom stereocenters. The van der Waals surface area contributed by atoms with Gasteiger partial charge in [0.2, 0.25) is 9.84 Å². The first kappa shape index (κ1) is 15.9. The zero-order valence-electron chi connectivity index (χ0n) is 13.1. The highest BCUT2D eigenvalue weighted by molar-refractivity contribution is 7.95. The third-order valence-electron chi connectivity index (χ3n) is 3.67. The van der Waals surface area contributed by atoms with Crippen LogP contribution in [0, 0.1) is 11.3 Å². The second-order valence-electron chi connectivity index (χ2n) is 5.02. The van der Waals surface area contributed by atoms with E-state index in [1.165, 1.54) is 26.5 Å². The number of nitriles is 1. The predicted molar refractivity (Wildman–Crippen MR) is 89.0 cm³/mol. The zero-order valence-corrected chi connectivity index (χ0v) is 13.9. The molecule has 2 aromatic rings. The fourth-order valence-electron chi connectivity index (χ4n) is 2.49. The third kappa shape index (κ3) is 2.47. The number of methoxy groups -OCH3 is 2. The molecule has 1 aliphatic rings. The molecule has 0 saturated carbocycles. The minimum absolute atomic E-state index is 0.0887. The van der Waals surface area contributed by atoms with E-state index < -0.39 is 9.84 Å². The van der Waals surface area contributed by atoms with Crippen molar-refractivity contribution in [1.29, 1.82) is 5.26 Å². The topological polar surface area (TPSA) is 79.6 Å². The molecule has 122 valence electrons. The van der Waals surface area contributed by atoms with E-state index in [1.807, 2.05) is 0 Å². The van der Waals surface area contributed by atoms with Crippen molar-refractivity contribution in [2.45, 2.75) is 4.90 Å². The molecular weight excluding hydrogens is 328 g/mol. The maximum Gasteiger partial charge on any atom is 0.220 e. The Bertz CT molecular complexity index is 952. The van der Waals surface area contributed by atoms with E-state index in [-0.39, 0.29) is 9.80 Å². The first-order valence-corrected chi connectivity index (χ1v) is 8.48. The van der Waals surface area contributed by atoms with Crippen molar-refractivity contribution in [3.63, 3.8) is 0 Å². The summed E-state index contributed by atoms with van der Waals surface area (Å²) >= 11 is 0. The summed E-state index contributed by atoms with van der Waals surface area (Å²) in [6.07, 6.45) is 1.31. The lowest BCUT2D eigenvalue weighted by Crippen LogP contribution is -2.21. The molecule has 0 fully saturated rings. The number of nitrogens with zero attached hydrogens (tertiary/aromatic N) is 2. The highest BCUT2D eigenvalue weighted by Crippen LogP contribution is 2.41. The third-order valence-corrected chi connectivity index (χ3v) is 5.37. The van der Waals surface area contributed by atoms with Crippen LogP contribution in [0.15, 0.2) is 58.5 Å². The first-order chi connectivity index (χ1) is 11.5.